The Labute approximate surface area is 171 Å². The van der Waals surface area contributed by atoms with E-state index in [1.54, 1.807) is 6.07 Å². The first-order valence-electron chi connectivity index (χ1n) is 10.4. The van der Waals surface area contributed by atoms with Gasteiger partial charge in [-0.25, -0.2) is 4.39 Å². The largest absolute Gasteiger partial charge is 0.376 e. The Bertz CT molecular complexity index is 813. The normalized spacial score (nSPS) is 20.0. The average molecular weight is 397 g/mol. The number of hydrogen-bond acceptors (Lipinski definition) is 4. The molecule has 29 heavy (non-hydrogen) atoms. The number of ether oxygens (including phenoxy) is 1. The van der Waals surface area contributed by atoms with Gasteiger partial charge in [-0.2, -0.15) is 0 Å². The maximum atomic E-state index is 14.0. The van der Waals surface area contributed by atoms with Gasteiger partial charge in [0.1, 0.15) is 5.82 Å². The van der Waals surface area contributed by atoms with Crippen molar-refractivity contribution in [1.82, 2.24) is 10.2 Å². The second-order valence-electron chi connectivity index (χ2n) is 7.76. The number of amides is 1. The summed E-state index contributed by atoms with van der Waals surface area (Å²) >= 11 is 0. The summed E-state index contributed by atoms with van der Waals surface area (Å²) in [6, 6.07) is 14.8. The number of carbonyl (C=O) groups excluding carboxylic acids is 1. The van der Waals surface area contributed by atoms with E-state index < -0.39 is 0 Å². The van der Waals surface area contributed by atoms with Gasteiger partial charge in [0.25, 0.3) is 5.91 Å². The summed E-state index contributed by atoms with van der Waals surface area (Å²) in [5.41, 5.74) is 2.54. The molecule has 0 aromatic heterocycles. The van der Waals surface area contributed by atoms with Crippen LogP contribution in [0.25, 0.3) is 0 Å². The lowest BCUT2D eigenvalue weighted by Gasteiger charge is -2.36. The van der Waals surface area contributed by atoms with Gasteiger partial charge in [-0.3, -0.25) is 9.69 Å². The highest BCUT2D eigenvalue weighted by Gasteiger charge is 2.20. The number of benzene rings is 2. The molecule has 2 aliphatic heterocycles. The molecule has 2 heterocycles. The molecule has 2 aromatic carbocycles. The van der Waals surface area contributed by atoms with Crippen molar-refractivity contribution in [3.63, 3.8) is 0 Å². The van der Waals surface area contributed by atoms with Crippen LogP contribution in [-0.2, 0) is 11.3 Å². The minimum absolute atomic E-state index is 0.0504. The third-order valence-corrected chi connectivity index (χ3v) is 5.70. The highest BCUT2D eigenvalue weighted by molar-refractivity contribution is 5.94. The van der Waals surface area contributed by atoms with Gasteiger partial charge < -0.3 is 15.0 Å². The lowest BCUT2D eigenvalue weighted by Crippen LogP contribution is -2.46. The van der Waals surface area contributed by atoms with Gasteiger partial charge in [0.05, 0.1) is 11.8 Å². The predicted octanol–water partition coefficient (Wildman–Crippen LogP) is 3.06. The van der Waals surface area contributed by atoms with Gasteiger partial charge >= 0.3 is 0 Å². The molecule has 1 unspecified atom stereocenters. The molecule has 154 valence electrons. The van der Waals surface area contributed by atoms with Gasteiger partial charge in [-0.1, -0.05) is 24.3 Å². The summed E-state index contributed by atoms with van der Waals surface area (Å²) in [4.78, 5) is 16.8. The molecule has 2 fully saturated rings. The fourth-order valence-corrected chi connectivity index (χ4v) is 3.99. The molecule has 1 atom stereocenters. The third-order valence-electron chi connectivity index (χ3n) is 5.70. The van der Waals surface area contributed by atoms with Crippen LogP contribution >= 0.6 is 0 Å². The number of anilines is 1. The fraction of sp³-hybridized carbons (Fsp3) is 0.435. The molecule has 0 radical (unpaired) electrons. The number of piperazine rings is 1. The number of carbonyl (C=O) groups is 1. The summed E-state index contributed by atoms with van der Waals surface area (Å²) in [5, 5.41) is 2.96. The SMILES string of the molecule is O=C(NCC1CCCO1)c1ccc(CN2CCN(c3ccccc3F)CC2)cc1. The average Bonchev–Trinajstić information content (AvgIpc) is 3.27. The molecule has 0 aliphatic carbocycles. The zero-order valence-corrected chi connectivity index (χ0v) is 16.6. The maximum absolute atomic E-state index is 14.0. The van der Waals surface area contributed by atoms with E-state index in [2.05, 4.69) is 15.1 Å². The molecule has 1 amide bonds. The van der Waals surface area contributed by atoms with Crippen molar-refractivity contribution in [2.45, 2.75) is 25.5 Å². The van der Waals surface area contributed by atoms with Crippen LogP contribution in [0.15, 0.2) is 48.5 Å². The molecule has 2 aromatic rings. The van der Waals surface area contributed by atoms with Crippen LogP contribution < -0.4 is 10.2 Å². The van der Waals surface area contributed by atoms with Crippen molar-refractivity contribution < 1.29 is 13.9 Å². The van der Waals surface area contributed by atoms with Crippen molar-refractivity contribution in [3.05, 3.63) is 65.5 Å². The minimum Gasteiger partial charge on any atom is -0.376 e. The zero-order chi connectivity index (χ0) is 20.1. The Morgan fingerprint density at radius 3 is 2.52 bits per heavy atom. The second-order valence-corrected chi connectivity index (χ2v) is 7.76. The summed E-state index contributed by atoms with van der Waals surface area (Å²) in [6.07, 6.45) is 2.24. The molecule has 1 N–H and O–H groups in total. The highest BCUT2D eigenvalue weighted by Crippen LogP contribution is 2.21. The van der Waals surface area contributed by atoms with Crippen LogP contribution in [0.1, 0.15) is 28.8 Å². The molecule has 0 saturated carbocycles. The van der Waals surface area contributed by atoms with Gasteiger partial charge in [0.2, 0.25) is 0 Å². The van der Waals surface area contributed by atoms with Crippen molar-refractivity contribution in [1.29, 1.82) is 0 Å². The Hall–Kier alpha value is -2.44. The van der Waals surface area contributed by atoms with Crippen LogP contribution in [0.5, 0.6) is 0 Å². The highest BCUT2D eigenvalue weighted by atomic mass is 19.1. The number of nitrogens with zero attached hydrogens (tertiary/aromatic N) is 2. The molecular formula is C23H28FN3O2. The summed E-state index contributed by atoms with van der Waals surface area (Å²) in [7, 11) is 0. The minimum atomic E-state index is -0.158. The lowest BCUT2D eigenvalue weighted by atomic mass is 10.1. The van der Waals surface area contributed by atoms with Crippen molar-refractivity contribution in [3.8, 4) is 0 Å². The Balaban J connectivity index is 1.25. The van der Waals surface area contributed by atoms with Crippen molar-refractivity contribution in [2.75, 3.05) is 44.2 Å². The lowest BCUT2D eigenvalue weighted by molar-refractivity contribution is 0.0858. The fourth-order valence-electron chi connectivity index (χ4n) is 3.99. The van der Waals surface area contributed by atoms with Crippen molar-refractivity contribution >= 4 is 11.6 Å². The molecule has 0 spiro atoms. The van der Waals surface area contributed by atoms with Gasteiger partial charge in [-0.15, -0.1) is 0 Å². The van der Waals surface area contributed by atoms with Gasteiger partial charge in [0.15, 0.2) is 0 Å². The van der Waals surface area contributed by atoms with Crippen LogP contribution in [0.3, 0.4) is 0 Å². The molecule has 5 nitrogen and oxygen atoms in total. The number of hydrogen-bond donors (Lipinski definition) is 1. The zero-order valence-electron chi connectivity index (χ0n) is 16.6. The quantitative estimate of drug-likeness (QED) is 0.814. The van der Waals surface area contributed by atoms with E-state index in [1.807, 2.05) is 36.4 Å². The summed E-state index contributed by atoms with van der Waals surface area (Å²) in [5.74, 6) is -0.208. The smallest absolute Gasteiger partial charge is 0.251 e. The number of rotatable bonds is 6. The van der Waals surface area contributed by atoms with Crippen LogP contribution in [0.2, 0.25) is 0 Å². The maximum Gasteiger partial charge on any atom is 0.251 e. The standard InChI is InChI=1S/C23H28FN3O2/c24-21-5-1-2-6-22(21)27-13-11-26(12-14-27)17-18-7-9-19(10-8-18)23(28)25-16-20-4-3-15-29-20/h1-2,5-10,20H,3-4,11-17H2,(H,25,28). The van der Waals surface area contributed by atoms with E-state index in [0.29, 0.717) is 17.8 Å². The monoisotopic (exact) mass is 397 g/mol. The first kappa shape index (κ1) is 19.9. The molecular weight excluding hydrogens is 369 g/mol. The second kappa shape index (κ2) is 9.37. The number of para-hydroxylation sites is 1. The topological polar surface area (TPSA) is 44.8 Å². The van der Waals surface area contributed by atoms with Crippen LogP contribution in [-0.4, -0.2) is 56.2 Å². The van der Waals surface area contributed by atoms with E-state index in [4.69, 9.17) is 4.74 Å². The van der Waals surface area contributed by atoms with Crippen LogP contribution in [0.4, 0.5) is 10.1 Å². The Morgan fingerprint density at radius 1 is 1.07 bits per heavy atom. The molecule has 6 heteroatoms. The van der Waals surface area contributed by atoms with E-state index in [0.717, 1.165) is 52.2 Å². The molecule has 2 saturated heterocycles. The molecule has 2 aliphatic rings. The Kier molecular flexibility index (Phi) is 6.42. The van der Waals surface area contributed by atoms with Gasteiger partial charge in [-0.05, 0) is 42.7 Å². The first-order valence-corrected chi connectivity index (χ1v) is 10.4. The van der Waals surface area contributed by atoms with E-state index in [1.165, 1.54) is 11.6 Å². The van der Waals surface area contributed by atoms with E-state index in [-0.39, 0.29) is 17.8 Å². The van der Waals surface area contributed by atoms with Gasteiger partial charge in [0, 0.05) is 51.4 Å². The number of nitrogens with one attached hydrogen (secondary N) is 1. The predicted molar refractivity (Wildman–Crippen MR) is 112 cm³/mol. The molecule has 4 rings (SSSR count). The summed E-state index contributed by atoms with van der Waals surface area (Å²) < 4.78 is 19.5. The van der Waals surface area contributed by atoms with Crippen LogP contribution in [0, 0.1) is 5.82 Å². The Morgan fingerprint density at radius 2 is 1.83 bits per heavy atom. The van der Waals surface area contributed by atoms with E-state index >= 15 is 0 Å². The summed E-state index contributed by atoms with van der Waals surface area (Å²) in [6.45, 7) is 5.60. The van der Waals surface area contributed by atoms with E-state index in [9.17, 15) is 9.18 Å². The third kappa shape index (κ3) is 5.14. The number of halogens is 1. The molecule has 0 bridgehead atoms. The first-order chi connectivity index (χ1) is 14.2. The van der Waals surface area contributed by atoms with Crippen molar-refractivity contribution in [2.24, 2.45) is 0 Å².